The molecule has 1 aliphatic carbocycles. The van der Waals surface area contributed by atoms with Gasteiger partial charge in [0.25, 0.3) is 0 Å². The van der Waals surface area contributed by atoms with Gasteiger partial charge in [0.1, 0.15) is 22.6 Å². The highest BCUT2D eigenvalue weighted by Crippen LogP contribution is 2.40. The molecule has 9 heteroatoms. The van der Waals surface area contributed by atoms with Crippen LogP contribution in [0.4, 0.5) is 17.3 Å². The monoisotopic (exact) mass is 527 g/mol. The minimum atomic E-state index is -0.00305. The van der Waals surface area contributed by atoms with E-state index in [0.29, 0.717) is 23.6 Å². The molecule has 39 heavy (non-hydrogen) atoms. The summed E-state index contributed by atoms with van der Waals surface area (Å²) in [7, 11) is 0. The lowest BCUT2D eigenvalue weighted by molar-refractivity contribution is -0.121. The number of aromatic nitrogens is 4. The van der Waals surface area contributed by atoms with Gasteiger partial charge in [-0.1, -0.05) is 12.1 Å². The van der Waals surface area contributed by atoms with E-state index in [1.54, 1.807) is 6.20 Å². The number of carbonyl (C=O) groups is 1. The number of anilines is 3. The molecule has 9 nitrogen and oxygen atoms in total. The zero-order valence-electron chi connectivity index (χ0n) is 23.1. The number of aromatic amines is 1. The maximum absolute atomic E-state index is 13.4. The van der Waals surface area contributed by atoms with Gasteiger partial charge in [0.15, 0.2) is 0 Å². The zero-order valence-corrected chi connectivity index (χ0v) is 23.1. The van der Waals surface area contributed by atoms with E-state index in [1.165, 1.54) is 0 Å². The van der Waals surface area contributed by atoms with Gasteiger partial charge in [0, 0.05) is 35.1 Å². The van der Waals surface area contributed by atoms with Crippen molar-refractivity contribution >= 4 is 45.2 Å². The normalized spacial score (nSPS) is 16.9. The van der Waals surface area contributed by atoms with Gasteiger partial charge in [-0.05, 0) is 84.7 Å². The van der Waals surface area contributed by atoms with Crippen LogP contribution in [0.3, 0.4) is 0 Å². The van der Waals surface area contributed by atoms with Crippen LogP contribution in [0.5, 0.6) is 5.75 Å². The molecule has 1 saturated heterocycles. The molecule has 2 fully saturated rings. The molecule has 2 aromatic carbocycles. The average molecular weight is 528 g/mol. The number of rotatable bonds is 8. The highest BCUT2D eigenvalue weighted by atomic mass is 16.5. The number of para-hydroxylation sites is 1. The van der Waals surface area contributed by atoms with Gasteiger partial charge in [0.05, 0.1) is 17.3 Å². The SMILES string of the molecule is CC(C)Oc1cccc2cnc(Nc3cc(NC(=O)C4CCN(C(C)C)CC4)c4nc(C5CC5)[nH]c4c3)nc12. The third-order valence-electron chi connectivity index (χ3n) is 7.65. The number of likely N-dealkylation sites (tertiary alicyclic amines) is 1. The second kappa shape index (κ2) is 10.4. The summed E-state index contributed by atoms with van der Waals surface area (Å²) in [6, 6.07) is 10.3. The molecule has 1 aliphatic heterocycles. The quantitative estimate of drug-likeness (QED) is 0.259. The largest absolute Gasteiger partial charge is 0.489 e. The fourth-order valence-corrected chi connectivity index (χ4v) is 5.33. The minimum absolute atomic E-state index is 0.00305. The first-order valence-corrected chi connectivity index (χ1v) is 14.1. The smallest absolute Gasteiger partial charge is 0.227 e. The van der Waals surface area contributed by atoms with Gasteiger partial charge in [-0.15, -0.1) is 0 Å². The standard InChI is InChI=1S/C30H37N7O2/c1-17(2)37-12-10-20(11-13-37)29(38)34-24-15-22(14-23-27(24)35-28(33-23)19-8-9-19)32-30-31-16-21-6-5-7-25(26(21)36-30)39-18(3)4/h5-7,14-20H,8-13H2,1-4H3,(H,33,35)(H,34,38)(H,31,32,36). The summed E-state index contributed by atoms with van der Waals surface area (Å²) in [5.41, 5.74) is 3.92. The second-order valence-corrected chi connectivity index (χ2v) is 11.4. The Hall–Kier alpha value is -3.72. The van der Waals surface area contributed by atoms with Crippen LogP contribution in [0.2, 0.25) is 0 Å². The number of hydrogen-bond donors (Lipinski definition) is 3. The van der Waals surface area contributed by atoms with Crippen LogP contribution in [0, 0.1) is 5.92 Å². The molecule has 0 radical (unpaired) electrons. The van der Waals surface area contributed by atoms with E-state index < -0.39 is 0 Å². The maximum Gasteiger partial charge on any atom is 0.227 e. The molecule has 0 bridgehead atoms. The minimum Gasteiger partial charge on any atom is -0.489 e. The van der Waals surface area contributed by atoms with Gasteiger partial charge in [-0.25, -0.2) is 15.0 Å². The van der Waals surface area contributed by atoms with Crippen molar-refractivity contribution in [3.05, 3.63) is 42.4 Å². The van der Waals surface area contributed by atoms with E-state index in [0.717, 1.165) is 78.0 Å². The van der Waals surface area contributed by atoms with Crippen LogP contribution in [-0.4, -0.2) is 56.0 Å². The van der Waals surface area contributed by atoms with Gasteiger partial charge in [0.2, 0.25) is 11.9 Å². The van der Waals surface area contributed by atoms with Crippen molar-refractivity contribution in [3.8, 4) is 5.75 Å². The number of H-pyrrole nitrogens is 1. The van der Waals surface area contributed by atoms with E-state index in [-0.39, 0.29) is 17.9 Å². The van der Waals surface area contributed by atoms with Crippen LogP contribution < -0.4 is 15.4 Å². The summed E-state index contributed by atoms with van der Waals surface area (Å²) >= 11 is 0. The Morgan fingerprint density at radius 2 is 1.85 bits per heavy atom. The Morgan fingerprint density at radius 3 is 2.56 bits per heavy atom. The van der Waals surface area contributed by atoms with Crippen LogP contribution in [-0.2, 0) is 4.79 Å². The van der Waals surface area contributed by atoms with Crippen molar-refractivity contribution in [1.29, 1.82) is 0 Å². The van der Waals surface area contributed by atoms with E-state index in [4.69, 9.17) is 14.7 Å². The highest BCUT2D eigenvalue weighted by Gasteiger charge is 2.29. The van der Waals surface area contributed by atoms with E-state index in [9.17, 15) is 4.79 Å². The Morgan fingerprint density at radius 1 is 1.05 bits per heavy atom. The number of fused-ring (bicyclic) bond motifs is 2. The van der Waals surface area contributed by atoms with Crippen LogP contribution in [0.15, 0.2) is 36.5 Å². The predicted octanol–water partition coefficient (Wildman–Crippen LogP) is 5.97. The molecule has 2 aliphatic rings. The van der Waals surface area contributed by atoms with Gasteiger partial charge >= 0.3 is 0 Å². The number of nitrogens with one attached hydrogen (secondary N) is 3. The lowest BCUT2D eigenvalue weighted by Gasteiger charge is -2.33. The number of amides is 1. The van der Waals surface area contributed by atoms with Crippen LogP contribution in [0.25, 0.3) is 21.9 Å². The summed E-state index contributed by atoms with van der Waals surface area (Å²) in [4.78, 5) is 33.5. The predicted molar refractivity (Wildman–Crippen MR) is 155 cm³/mol. The summed E-state index contributed by atoms with van der Waals surface area (Å²) in [5.74, 6) is 2.70. The fourth-order valence-electron chi connectivity index (χ4n) is 5.33. The van der Waals surface area contributed by atoms with Crippen LogP contribution in [0.1, 0.15) is 65.1 Å². The molecule has 1 saturated carbocycles. The van der Waals surface area contributed by atoms with Crippen molar-refractivity contribution < 1.29 is 9.53 Å². The molecule has 6 rings (SSSR count). The molecule has 3 heterocycles. The van der Waals surface area contributed by atoms with Crippen molar-refractivity contribution in [2.24, 2.45) is 5.92 Å². The summed E-state index contributed by atoms with van der Waals surface area (Å²) in [6.45, 7) is 10.3. The number of hydrogen-bond acceptors (Lipinski definition) is 7. The first-order valence-electron chi connectivity index (χ1n) is 14.1. The zero-order chi connectivity index (χ0) is 27.1. The molecule has 204 valence electrons. The van der Waals surface area contributed by atoms with Crippen molar-refractivity contribution in [2.45, 2.75) is 71.4 Å². The first-order chi connectivity index (χ1) is 18.8. The Balaban J connectivity index is 1.29. The summed E-state index contributed by atoms with van der Waals surface area (Å²) < 4.78 is 5.98. The Labute approximate surface area is 228 Å². The number of piperidine rings is 1. The lowest BCUT2D eigenvalue weighted by atomic mass is 9.95. The van der Waals surface area contributed by atoms with E-state index in [2.05, 4.69) is 39.3 Å². The average Bonchev–Trinajstić information content (AvgIpc) is 3.68. The number of imidazole rings is 1. The molecule has 0 spiro atoms. The number of nitrogens with zero attached hydrogens (tertiary/aromatic N) is 4. The van der Waals surface area contributed by atoms with Crippen molar-refractivity contribution in [1.82, 2.24) is 24.8 Å². The molecule has 0 unspecified atom stereocenters. The summed E-state index contributed by atoms with van der Waals surface area (Å²) in [6.07, 6.45) is 5.85. The lowest BCUT2D eigenvalue weighted by Crippen LogP contribution is -2.41. The highest BCUT2D eigenvalue weighted by molar-refractivity contribution is 6.02. The van der Waals surface area contributed by atoms with E-state index >= 15 is 0 Å². The third-order valence-corrected chi connectivity index (χ3v) is 7.65. The molecular formula is C30H37N7O2. The molecule has 0 atom stereocenters. The fraction of sp³-hybridized carbons (Fsp3) is 0.467. The summed E-state index contributed by atoms with van der Waals surface area (Å²) in [5, 5.41) is 7.48. The number of ether oxygens (including phenoxy) is 1. The molecule has 4 aromatic rings. The molecule has 2 aromatic heterocycles. The molecular weight excluding hydrogens is 490 g/mol. The maximum atomic E-state index is 13.4. The number of carbonyl (C=O) groups excluding carboxylic acids is 1. The first kappa shape index (κ1) is 25.6. The second-order valence-electron chi connectivity index (χ2n) is 11.4. The Kier molecular flexibility index (Phi) is 6.85. The number of benzene rings is 2. The van der Waals surface area contributed by atoms with Crippen molar-refractivity contribution in [2.75, 3.05) is 23.7 Å². The molecule has 3 N–H and O–H groups in total. The van der Waals surface area contributed by atoms with Gasteiger partial charge in [-0.3, -0.25) is 4.79 Å². The molecule has 1 amide bonds. The van der Waals surface area contributed by atoms with Gasteiger partial charge < -0.3 is 25.3 Å². The van der Waals surface area contributed by atoms with Gasteiger partial charge in [-0.2, -0.15) is 0 Å². The Bertz CT molecular complexity index is 1500. The third kappa shape index (κ3) is 5.54. The topological polar surface area (TPSA) is 108 Å². The van der Waals surface area contributed by atoms with Crippen LogP contribution >= 0.6 is 0 Å². The van der Waals surface area contributed by atoms with E-state index in [1.807, 2.05) is 44.2 Å². The van der Waals surface area contributed by atoms with Crippen molar-refractivity contribution in [3.63, 3.8) is 0 Å².